The van der Waals surface area contributed by atoms with Gasteiger partial charge in [0.05, 0.1) is 6.04 Å². The molecule has 1 aromatic carbocycles. The molecule has 0 radical (unpaired) electrons. The average molecular weight is 325 g/mol. The fourth-order valence-corrected chi connectivity index (χ4v) is 3.29. The van der Waals surface area contributed by atoms with Gasteiger partial charge < -0.3 is 9.74 Å². The second-order valence-electron chi connectivity index (χ2n) is 6.17. The maximum Gasteiger partial charge on any atom is 0.271 e. The summed E-state index contributed by atoms with van der Waals surface area (Å²) in [6.07, 6.45) is 5.55. The van der Waals surface area contributed by atoms with E-state index < -0.39 is 0 Å². The standard InChI is InChI=1S/C17H19N5O2/c23-17(15-9-16(24-20-15)13-5-2-1-3-6-13)21-8-4-7-14(10-21)22-12-18-11-19-22/h1-3,5-6,11-12,14,16H,4,7-10H2. The lowest BCUT2D eigenvalue weighted by molar-refractivity contribution is -0.125. The maximum atomic E-state index is 12.8. The molecule has 7 heteroatoms. The third kappa shape index (κ3) is 2.89. The molecular weight excluding hydrogens is 306 g/mol. The van der Waals surface area contributed by atoms with E-state index in [0.717, 1.165) is 24.9 Å². The van der Waals surface area contributed by atoms with Gasteiger partial charge in [-0.25, -0.2) is 9.67 Å². The quantitative estimate of drug-likeness (QED) is 0.865. The van der Waals surface area contributed by atoms with Crippen LogP contribution in [0.1, 0.15) is 37.0 Å². The van der Waals surface area contributed by atoms with Crippen LogP contribution in [0.15, 0.2) is 48.1 Å². The van der Waals surface area contributed by atoms with Crippen LogP contribution in [0.2, 0.25) is 0 Å². The van der Waals surface area contributed by atoms with Gasteiger partial charge in [0.25, 0.3) is 5.91 Å². The first-order valence-electron chi connectivity index (χ1n) is 8.22. The molecule has 4 rings (SSSR count). The van der Waals surface area contributed by atoms with E-state index in [9.17, 15) is 4.79 Å². The van der Waals surface area contributed by atoms with Crippen molar-refractivity contribution in [2.24, 2.45) is 5.16 Å². The molecule has 1 aromatic heterocycles. The molecule has 0 N–H and O–H groups in total. The van der Waals surface area contributed by atoms with Crippen molar-refractivity contribution in [3.05, 3.63) is 48.5 Å². The molecule has 124 valence electrons. The Morgan fingerprint density at radius 2 is 2.12 bits per heavy atom. The predicted molar refractivity (Wildman–Crippen MR) is 87.2 cm³/mol. The molecule has 7 nitrogen and oxygen atoms in total. The van der Waals surface area contributed by atoms with E-state index >= 15 is 0 Å². The molecule has 2 aromatic rings. The SMILES string of the molecule is O=C(C1=NOC(c2ccccc2)C1)N1CCCC(n2cncn2)C1. The molecule has 2 aliphatic rings. The molecule has 0 spiro atoms. The van der Waals surface area contributed by atoms with Gasteiger partial charge >= 0.3 is 0 Å². The van der Waals surface area contributed by atoms with Crippen molar-refractivity contribution in [1.29, 1.82) is 0 Å². The Kier molecular flexibility index (Phi) is 3.98. The number of benzene rings is 1. The van der Waals surface area contributed by atoms with Crippen LogP contribution < -0.4 is 0 Å². The summed E-state index contributed by atoms with van der Waals surface area (Å²) < 4.78 is 1.83. The highest BCUT2D eigenvalue weighted by atomic mass is 16.6. The summed E-state index contributed by atoms with van der Waals surface area (Å²) in [5, 5.41) is 8.24. The molecule has 1 amide bonds. The summed E-state index contributed by atoms with van der Waals surface area (Å²) in [6, 6.07) is 10.1. The van der Waals surface area contributed by atoms with Crippen molar-refractivity contribution in [2.75, 3.05) is 13.1 Å². The second-order valence-corrected chi connectivity index (χ2v) is 6.17. The van der Waals surface area contributed by atoms with Crippen LogP contribution in [0.25, 0.3) is 0 Å². The topological polar surface area (TPSA) is 72.6 Å². The summed E-state index contributed by atoms with van der Waals surface area (Å²) in [4.78, 5) is 24.1. The molecule has 24 heavy (non-hydrogen) atoms. The third-order valence-electron chi connectivity index (χ3n) is 4.58. The van der Waals surface area contributed by atoms with E-state index in [1.54, 1.807) is 6.33 Å². The number of carbonyl (C=O) groups is 1. The van der Waals surface area contributed by atoms with Crippen LogP contribution in [0, 0.1) is 0 Å². The van der Waals surface area contributed by atoms with Crippen molar-refractivity contribution in [1.82, 2.24) is 19.7 Å². The first kappa shape index (κ1) is 14.9. The Bertz CT molecular complexity index is 729. The van der Waals surface area contributed by atoms with Crippen molar-refractivity contribution in [3.63, 3.8) is 0 Å². The van der Waals surface area contributed by atoms with Crippen molar-refractivity contribution >= 4 is 11.6 Å². The second kappa shape index (κ2) is 6.43. The Balaban J connectivity index is 1.41. The van der Waals surface area contributed by atoms with Gasteiger partial charge in [-0.1, -0.05) is 35.5 Å². The smallest absolute Gasteiger partial charge is 0.271 e. The minimum Gasteiger partial charge on any atom is -0.387 e. The number of nitrogens with zero attached hydrogens (tertiary/aromatic N) is 5. The van der Waals surface area contributed by atoms with Crippen LogP contribution in [0.4, 0.5) is 0 Å². The molecule has 0 saturated carbocycles. The largest absolute Gasteiger partial charge is 0.387 e. The predicted octanol–water partition coefficient (Wildman–Crippen LogP) is 1.96. The zero-order valence-electron chi connectivity index (χ0n) is 13.3. The molecule has 2 atom stereocenters. The normalized spacial score (nSPS) is 23.7. The Morgan fingerprint density at radius 3 is 2.92 bits per heavy atom. The van der Waals surface area contributed by atoms with Gasteiger partial charge in [0, 0.05) is 19.5 Å². The number of carbonyl (C=O) groups excluding carboxylic acids is 1. The zero-order valence-corrected chi connectivity index (χ0v) is 13.3. The van der Waals surface area contributed by atoms with Gasteiger partial charge in [0.15, 0.2) is 6.10 Å². The molecule has 1 saturated heterocycles. The molecule has 0 aliphatic carbocycles. The molecule has 1 fully saturated rings. The number of rotatable bonds is 3. The van der Waals surface area contributed by atoms with E-state index in [-0.39, 0.29) is 18.1 Å². The number of amides is 1. The highest BCUT2D eigenvalue weighted by molar-refractivity contribution is 6.39. The van der Waals surface area contributed by atoms with Crippen LogP contribution >= 0.6 is 0 Å². The Labute approximate surface area is 139 Å². The van der Waals surface area contributed by atoms with Gasteiger partial charge in [-0.15, -0.1) is 0 Å². The van der Waals surface area contributed by atoms with Crippen LogP contribution in [-0.4, -0.2) is 44.4 Å². The number of likely N-dealkylation sites (tertiary alicyclic amines) is 1. The van der Waals surface area contributed by atoms with E-state index in [2.05, 4.69) is 15.2 Å². The van der Waals surface area contributed by atoms with Crippen molar-refractivity contribution < 1.29 is 9.63 Å². The summed E-state index contributed by atoms with van der Waals surface area (Å²) >= 11 is 0. The first-order valence-corrected chi connectivity index (χ1v) is 8.22. The van der Waals surface area contributed by atoms with Crippen LogP contribution in [0.3, 0.4) is 0 Å². The molecule has 0 bridgehead atoms. The first-order chi connectivity index (χ1) is 11.8. The van der Waals surface area contributed by atoms with Gasteiger partial charge in [0.2, 0.25) is 0 Å². The number of hydrogen-bond acceptors (Lipinski definition) is 5. The molecule has 3 heterocycles. The van der Waals surface area contributed by atoms with Crippen molar-refractivity contribution in [3.8, 4) is 0 Å². The average Bonchev–Trinajstić information content (AvgIpc) is 3.34. The van der Waals surface area contributed by atoms with E-state index in [1.165, 1.54) is 6.33 Å². The number of aromatic nitrogens is 3. The fraction of sp³-hybridized carbons (Fsp3) is 0.412. The fourth-order valence-electron chi connectivity index (χ4n) is 3.29. The van der Waals surface area contributed by atoms with E-state index in [1.807, 2.05) is 39.9 Å². The van der Waals surface area contributed by atoms with Gasteiger partial charge in [-0.3, -0.25) is 4.79 Å². The van der Waals surface area contributed by atoms with Gasteiger partial charge in [-0.05, 0) is 18.4 Å². The van der Waals surface area contributed by atoms with Gasteiger partial charge in [-0.2, -0.15) is 5.10 Å². The zero-order chi connectivity index (χ0) is 16.4. The summed E-state index contributed by atoms with van der Waals surface area (Å²) in [6.45, 7) is 1.39. The van der Waals surface area contributed by atoms with Gasteiger partial charge in [0.1, 0.15) is 18.4 Å². The Morgan fingerprint density at radius 1 is 1.25 bits per heavy atom. The summed E-state index contributed by atoms with van der Waals surface area (Å²) in [5.41, 5.74) is 1.55. The lowest BCUT2D eigenvalue weighted by Crippen LogP contribution is -2.43. The maximum absolute atomic E-state index is 12.8. The lowest BCUT2D eigenvalue weighted by Gasteiger charge is -2.32. The van der Waals surface area contributed by atoms with Crippen LogP contribution in [-0.2, 0) is 9.63 Å². The molecule has 2 aliphatic heterocycles. The lowest BCUT2D eigenvalue weighted by atomic mass is 10.0. The highest BCUT2D eigenvalue weighted by Gasteiger charge is 2.33. The number of hydrogen-bond donors (Lipinski definition) is 0. The van der Waals surface area contributed by atoms with E-state index in [0.29, 0.717) is 18.7 Å². The number of piperidine rings is 1. The molecule has 2 unspecified atom stereocenters. The molecular formula is C17H19N5O2. The number of oxime groups is 1. The Hall–Kier alpha value is -2.70. The minimum absolute atomic E-state index is 0.0294. The highest BCUT2D eigenvalue weighted by Crippen LogP contribution is 2.28. The van der Waals surface area contributed by atoms with Crippen LogP contribution in [0.5, 0.6) is 0 Å². The summed E-state index contributed by atoms with van der Waals surface area (Å²) in [5.74, 6) is -0.0294. The third-order valence-corrected chi connectivity index (χ3v) is 4.58. The minimum atomic E-state index is -0.166. The summed E-state index contributed by atoms with van der Waals surface area (Å²) in [7, 11) is 0. The van der Waals surface area contributed by atoms with Crippen molar-refractivity contribution in [2.45, 2.75) is 31.4 Å². The van der Waals surface area contributed by atoms with E-state index in [4.69, 9.17) is 4.84 Å². The monoisotopic (exact) mass is 325 g/mol.